The Bertz CT molecular complexity index is 6800. The van der Waals surface area contributed by atoms with Crippen LogP contribution in [-0.2, 0) is 151 Å². The van der Waals surface area contributed by atoms with Crippen LogP contribution < -0.4 is 51.1 Å². The van der Waals surface area contributed by atoms with Crippen molar-refractivity contribution >= 4 is 213 Å². The third-order valence-electron chi connectivity index (χ3n) is 22.8. The van der Waals surface area contributed by atoms with Gasteiger partial charge in [0, 0.05) is 78.8 Å². The zero-order chi connectivity index (χ0) is 92.4. The first-order chi connectivity index (χ1) is 62.8. The standard InChI is InChI=1S/C22H24FN9O10P2S2.2C22H26N8O9P2S2/c23-10-9-3-37-43(34,45)42-15-14-20(31-6-27-11-8(24)1-2-26-16(11)31)40-22(15,4-36-14)5-38-44(35,46)41-13(10)19(39-9)32-7-28-12-17(32)29-21(25)30-18(12)33;2*23-12-1-3-25-18-11(12)2-4-29(18)16-6-13-15(37-16)8-35-41(33,43)39-14-5-10(7-34-40(32,42)38-13)36-21(14)30-9-26-17-19(30)27-22(24)28-20(17)31/h1-2,6-7,9-10,13-15,19-20H,3-5H2,(H2,24,26)(H,34,45)(H,35,46)(H3,25,29,30,33);2*1-4,9-10,13-16,21H,5-8H2,(H2,23,25)(H,32,42)(H,33,43)(H3,24,27,28,31)/t9-,10+,13-,14-,15+,19-,20-,22-,43?,44?;2*10?,13-,14+,15?,16+,21+,40?,41?/m100/s1. The molecule has 8 bridgehead atoms. The third-order valence-corrected chi connectivity index (χ3v) is 32.3. The highest BCUT2D eigenvalue weighted by Gasteiger charge is 2.66. The van der Waals surface area contributed by atoms with Crippen molar-refractivity contribution in [3.8, 4) is 0 Å². The van der Waals surface area contributed by atoms with E-state index in [-0.39, 0.29) is 110 Å². The van der Waals surface area contributed by atoms with Crippen LogP contribution in [0.4, 0.5) is 39.3 Å². The Morgan fingerprint density at radius 2 is 0.833 bits per heavy atom. The second kappa shape index (κ2) is 35.3. The van der Waals surface area contributed by atoms with E-state index in [0.717, 1.165) is 10.8 Å². The molecule has 26 atom stereocenters. The fourth-order valence-electron chi connectivity index (χ4n) is 17.0. The summed E-state index contributed by atoms with van der Waals surface area (Å²) in [5.41, 5.74) is 35.8. The molecule has 132 heavy (non-hydrogen) atoms. The summed E-state index contributed by atoms with van der Waals surface area (Å²) in [6.07, 6.45) is -4.65. The quantitative estimate of drug-likeness (QED) is 0.0840. The van der Waals surface area contributed by atoms with Gasteiger partial charge in [-0.05, 0) is 89.4 Å². The molecular formula is C66H76FN25O28P6S6. The molecule has 10 unspecified atom stereocenters. The van der Waals surface area contributed by atoms with Crippen LogP contribution >= 0.6 is 52.6 Å². The molecule has 0 aliphatic carbocycles. The summed E-state index contributed by atoms with van der Waals surface area (Å²) in [4.78, 5) is 142. The fourth-order valence-corrected chi connectivity index (χ4v) is 25.8. The molecule has 10 aliphatic heterocycles. The predicted molar refractivity (Wildman–Crippen MR) is 477 cm³/mol. The molecule has 10 fully saturated rings. The number of aromatic nitrogens is 19. The van der Waals surface area contributed by atoms with E-state index in [9.17, 15) is 43.4 Å². The molecule has 12 aromatic rings. The Kier molecular flexibility index (Phi) is 24.7. The van der Waals surface area contributed by atoms with Crippen LogP contribution in [0.3, 0.4) is 0 Å². The third kappa shape index (κ3) is 18.1. The molecule has 22 rings (SSSR count). The largest absolute Gasteiger partial charge is 0.398 e. The van der Waals surface area contributed by atoms with Crippen LogP contribution in [0.15, 0.2) is 101 Å². The first-order valence-corrected chi connectivity index (χ1v) is 55.2. The zero-order valence-electron chi connectivity index (χ0n) is 67.1. The van der Waals surface area contributed by atoms with Gasteiger partial charge in [0.25, 0.3) is 16.7 Å². The van der Waals surface area contributed by atoms with Crippen LogP contribution in [0.2, 0.25) is 0 Å². The minimum absolute atomic E-state index is 0.0163. The Labute approximate surface area is 768 Å². The maximum atomic E-state index is 16.0. The van der Waals surface area contributed by atoms with Crippen molar-refractivity contribution < 1.29 is 121 Å². The van der Waals surface area contributed by atoms with Gasteiger partial charge in [-0.2, -0.15) is 15.0 Å². The molecule has 0 amide bonds. The van der Waals surface area contributed by atoms with Crippen LogP contribution in [-0.4, -0.2) is 248 Å². The van der Waals surface area contributed by atoms with E-state index in [1.807, 2.05) is 12.1 Å². The number of anilines is 6. The van der Waals surface area contributed by atoms with Crippen LogP contribution in [0.1, 0.15) is 63.1 Å². The number of nitrogen functional groups attached to an aromatic ring is 6. The second-order valence-electron chi connectivity index (χ2n) is 31.4. The van der Waals surface area contributed by atoms with E-state index >= 15 is 4.39 Å². The van der Waals surface area contributed by atoms with E-state index in [0.29, 0.717) is 39.5 Å². The van der Waals surface area contributed by atoms with Gasteiger partial charge in [0.2, 0.25) is 17.8 Å². The number of imidazole rings is 4. The average Bonchev–Trinajstić information content (AvgIpc) is 1.55. The minimum atomic E-state index is -4.29. The van der Waals surface area contributed by atoms with E-state index in [4.69, 9.17) is 181 Å². The number of hydrogen-bond donors (Lipinski definition) is 15. The lowest BCUT2D eigenvalue weighted by Crippen LogP contribution is -2.45. The highest BCUT2D eigenvalue weighted by Crippen LogP contribution is 2.62. The normalized spacial score (nSPS) is 36.9. The molecule has 22 heterocycles. The van der Waals surface area contributed by atoms with E-state index in [1.165, 1.54) is 45.2 Å². The Morgan fingerprint density at radius 1 is 0.417 bits per heavy atom. The molecule has 0 spiro atoms. The van der Waals surface area contributed by atoms with Crippen LogP contribution in [0, 0.1) is 0 Å². The number of nitrogens with one attached hydrogen (secondary N) is 3. The van der Waals surface area contributed by atoms with Gasteiger partial charge in [-0.1, -0.05) is 12.2 Å². The van der Waals surface area contributed by atoms with Crippen LogP contribution in [0.25, 0.3) is 66.7 Å². The van der Waals surface area contributed by atoms with E-state index < -0.39 is 193 Å². The number of thiol groups is 1. The fraction of sp³-hybridized carbons (Fsp3) is 0.470. The Morgan fingerprint density at radius 3 is 1.34 bits per heavy atom. The smallest absolute Gasteiger partial charge is 0.386 e. The summed E-state index contributed by atoms with van der Waals surface area (Å²) in [5.74, 6) is -0.484. The monoisotopic (exact) mass is 2060 g/mol. The number of fused-ring (bicyclic) bond motifs is 14. The van der Waals surface area contributed by atoms with Crippen molar-refractivity contribution in [3.05, 3.63) is 118 Å². The molecule has 12 aromatic heterocycles. The van der Waals surface area contributed by atoms with Gasteiger partial charge in [-0.25, -0.2) is 43.8 Å². The number of hydrogen-bond acceptors (Lipinski definition) is 44. The molecule has 10 aliphatic rings. The van der Waals surface area contributed by atoms with Gasteiger partial charge in [0.15, 0.2) is 70.2 Å². The number of aromatic amines is 3. The number of pyridine rings is 3. The van der Waals surface area contributed by atoms with E-state index in [2.05, 4.69) is 77.0 Å². The minimum Gasteiger partial charge on any atom is -0.398 e. The molecular weight excluding hydrogens is 1990 g/mol. The highest BCUT2D eigenvalue weighted by atomic mass is 32.7. The van der Waals surface area contributed by atoms with Crippen molar-refractivity contribution in [3.63, 3.8) is 0 Å². The first kappa shape index (κ1) is 92.4. The topological polar surface area (TPSA) is 707 Å². The number of ether oxygens (including phenoxy) is 7. The number of halogens is 1. The molecule has 706 valence electrons. The van der Waals surface area contributed by atoms with Crippen molar-refractivity contribution in [2.45, 2.75) is 148 Å². The first-order valence-electron chi connectivity index (χ1n) is 39.6. The highest BCUT2D eigenvalue weighted by molar-refractivity contribution is 8.44. The van der Waals surface area contributed by atoms with Crippen molar-refractivity contribution in [2.75, 3.05) is 80.7 Å². The van der Waals surface area contributed by atoms with Crippen molar-refractivity contribution in [2.24, 2.45) is 0 Å². The van der Waals surface area contributed by atoms with Gasteiger partial charge >= 0.3 is 40.4 Å². The van der Waals surface area contributed by atoms with Gasteiger partial charge in [0.05, 0.1) is 102 Å². The molecule has 53 nitrogen and oxygen atoms in total. The number of nitrogens with zero attached hydrogens (tertiary/aromatic N) is 16. The summed E-state index contributed by atoms with van der Waals surface area (Å²) in [6.45, 7) is -26.1. The van der Waals surface area contributed by atoms with Crippen molar-refractivity contribution in [1.82, 2.24) is 92.2 Å². The maximum Gasteiger partial charge on any atom is 0.386 e. The lowest BCUT2D eigenvalue weighted by molar-refractivity contribution is -0.183. The summed E-state index contributed by atoms with van der Waals surface area (Å²) >= 11 is 30.9. The molecule has 20 N–H and O–H groups in total. The SMILES string of the molecule is Nc1nc2c(ncn2[C@@H]2OC3COP(O)(=S)O[C@H]4C[C@H](n5ccc6c(N)ccnc65)OC4COP(=O)(S)O[C@@H]2C3)c(=O)[nH]1.Nc1nc2c(ncn2[C@@H]2OC3COP(O)(=S)O[C@H]4C[C@H](n5ccc6c(N)ccnc65)OC4COP(O)(=S)O[C@@H]2C3)c(=O)[nH]1.Nc1nc2c(ncn2[C@@H]2O[C@@H]3COP(O)(=S)O[C@H]4[C@H]5OC[C@]4(COP(O)(=S)O[C@@H]2[C@H]3F)O[C@H]5n2cnc3c(N)ccnc32)c(=O)[nH]1. The van der Waals surface area contributed by atoms with Crippen LogP contribution in [0.5, 0.6) is 0 Å². The molecule has 0 aromatic carbocycles. The average molecular weight is 2060 g/mol. The van der Waals surface area contributed by atoms with Gasteiger partial charge < -0.3 is 137 Å². The van der Waals surface area contributed by atoms with Gasteiger partial charge in [-0.3, -0.25) is 65.7 Å². The molecule has 0 radical (unpaired) electrons. The zero-order valence-corrected chi connectivity index (χ0v) is 77.5. The maximum absolute atomic E-state index is 16.0. The van der Waals surface area contributed by atoms with E-state index in [1.54, 1.807) is 56.7 Å². The Hall–Kier alpha value is -7.35. The Balaban J connectivity index is 0.000000123. The summed E-state index contributed by atoms with van der Waals surface area (Å²) in [7, 11) is 0. The predicted octanol–water partition coefficient (Wildman–Crippen LogP) is 3.02. The summed E-state index contributed by atoms with van der Waals surface area (Å²) in [5, 5.41) is 1.49. The molecule has 10 saturated heterocycles. The number of rotatable bonds is 6. The van der Waals surface area contributed by atoms with Gasteiger partial charge in [-0.15, -0.1) is 0 Å². The molecule has 66 heteroatoms. The summed E-state index contributed by atoms with van der Waals surface area (Å²) in [6, 6.07) is 8.63. The van der Waals surface area contributed by atoms with Crippen molar-refractivity contribution in [1.29, 1.82) is 0 Å². The second-order valence-corrected chi connectivity index (χ2v) is 48.2. The van der Waals surface area contributed by atoms with Gasteiger partial charge in [0.1, 0.15) is 83.7 Å². The lowest BCUT2D eigenvalue weighted by atomic mass is 10.0. The number of alkyl halides is 1. The summed E-state index contributed by atoms with van der Waals surface area (Å²) < 4.78 is 151. The molecule has 0 saturated carbocycles. The number of H-pyrrole nitrogens is 3. The lowest BCUT2D eigenvalue weighted by Gasteiger charge is -2.33. The number of nitrogens with two attached hydrogens (primary N) is 6.